The molecule has 8 nitrogen and oxygen atoms in total. The summed E-state index contributed by atoms with van der Waals surface area (Å²) in [6, 6.07) is 7.62. The van der Waals surface area contributed by atoms with Crippen molar-refractivity contribution in [3.63, 3.8) is 0 Å². The minimum atomic E-state index is -2.48. The third-order valence-electron chi connectivity index (χ3n) is 6.89. The predicted molar refractivity (Wildman–Crippen MR) is 120 cm³/mol. The van der Waals surface area contributed by atoms with Crippen LogP contribution in [0.15, 0.2) is 24.3 Å². The summed E-state index contributed by atoms with van der Waals surface area (Å²) in [6.45, 7) is 5.37. The highest BCUT2D eigenvalue weighted by atomic mass is 35.5. The van der Waals surface area contributed by atoms with E-state index < -0.39 is 33.6 Å². The second kappa shape index (κ2) is 9.95. The molecule has 1 aromatic rings. The molecule has 2 heterocycles. The van der Waals surface area contributed by atoms with E-state index in [4.69, 9.17) is 25.8 Å². The van der Waals surface area contributed by atoms with Gasteiger partial charge in [-0.1, -0.05) is 11.6 Å². The van der Waals surface area contributed by atoms with E-state index in [9.17, 15) is 13.6 Å². The summed E-state index contributed by atoms with van der Waals surface area (Å²) < 4.78 is 42.2. The van der Waals surface area contributed by atoms with E-state index >= 15 is 0 Å². The lowest BCUT2D eigenvalue weighted by Gasteiger charge is -2.51. The number of rotatable bonds is 6. The number of carbonyl (C=O) groups excluding carboxylic acids is 1. The zero-order chi connectivity index (χ0) is 22.8. The average molecular weight is 486 g/mol. The molecule has 1 spiro atoms. The van der Waals surface area contributed by atoms with Gasteiger partial charge in [-0.3, -0.25) is 13.9 Å². The summed E-state index contributed by atoms with van der Waals surface area (Å²) in [6.07, 6.45) is 1.65. The highest BCUT2D eigenvalue weighted by Crippen LogP contribution is 2.49. The molecule has 178 valence electrons. The molecule has 2 saturated heterocycles. The van der Waals surface area contributed by atoms with Crippen LogP contribution in [0.1, 0.15) is 32.6 Å². The molecule has 1 saturated carbocycles. The lowest BCUT2D eigenvalue weighted by atomic mass is 9.71. The fraction of sp³-hybridized carbons (Fsp3) is 0.682. The smallest absolute Gasteiger partial charge is 0.314 e. The first-order valence-electron chi connectivity index (χ1n) is 11.2. The van der Waals surface area contributed by atoms with Gasteiger partial charge < -0.3 is 23.7 Å². The van der Waals surface area contributed by atoms with Crippen molar-refractivity contribution in [2.75, 3.05) is 50.9 Å². The minimum absolute atomic E-state index is 0.210. The van der Waals surface area contributed by atoms with Gasteiger partial charge in [0.1, 0.15) is 0 Å². The van der Waals surface area contributed by atoms with Crippen molar-refractivity contribution in [1.29, 1.82) is 0 Å². The maximum Gasteiger partial charge on any atom is 0.314 e. The third kappa shape index (κ3) is 4.69. The van der Waals surface area contributed by atoms with Gasteiger partial charge in [-0.25, -0.2) is 0 Å². The highest BCUT2D eigenvalue weighted by molar-refractivity contribution is 7.79. The number of halogens is 1. The van der Waals surface area contributed by atoms with Crippen LogP contribution in [-0.2, 0) is 30.1 Å². The Labute approximate surface area is 196 Å². The number of nitrogens with zero attached hydrogens (tertiary/aromatic N) is 2. The molecule has 3 aliphatic rings. The highest BCUT2D eigenvalue weighted by Gasteiger charge is 2.56. The van der Waals surface area contributed by atoms with Gasteiger partial charge in [0.2, 0.25) is 0 Å². The van der Waals surface area contributed by atoms with Gasteiger partial charge in [0.15, 0.2) is 5.79 Å². The standard InChI is InChI=1S/C22H31ClN2O6S/c1-2-29-20(26)21(7-9-22(10-8-21)30-15-16-31-22)19(32(27)28)25-13-11-24(12-14-25)18-5-3-17(23)4-6-18/h3-6,19H,2,7-16H2,1H3,(H,27,28)/p-1. The van der Waals surface area contributed by atoms with Gasteiger partial charge in [0.05, 0.1) is 30.6 Å². The van der Waals surface area contributed by atoms with Crippen molar-refractivity contribution in [2.24, 2.45) is 5.41 Å². The Bertz CT molecular complexity index is 814. The van der Waals surface area contributed by atoms with Crippen molar-refractivity contribution < 1.29 is 27.8 Å². The molecule has 32 heavy (non-hydrogen) atoms. The van der Waals surface area contributed by atoms with Crippen molar-refractivity contribution in [1.82, 2.24) is 4.90 Å². The minimum Gasteiger partial charge on any atom is -0.771 e. The second-order valence-electron chi connectivity index (χ2n) is 8.60. The lowest BCUT2D eigenvalue weighted by Crippen LogP contribution is -2.61. The van der Waals surface area contributed by atoms with Gasteiger partial charge in [-0.05, 0) is 55.1 Å². The summed E-state index contributed by atoms with van der Waals surface area (Å²) in [5.74, 6) is -1.14. The maximum atomic E-state index is 13.2. The van der Waals surface area contributed by atoms with Gasteiger partial charge in [-0.2, -0.15) is 0 Å². The first kappa shape index (κ1) is 23.9. The van der Waals surface area contributed by atoms with Gasteiger partial charge in [-0.15, -0.1) is 0 Å². The van der Waals surface area contributed by atoms with E-state index in [-0.39, 0.29) is 6.61 Å². The average Bonchev–Trinajstić information content (AvgIpc) is 3.25. The summed E-state index contributed by atoms with van der Waals surface area (Å²) in [4.78, 5) is 17.3. The van der Waals surface area contributed by atoms with Crippen LogP contribution in [-0.4, -0.2) is 76.8 Å². The number of ether oxygens (including phenoxy) is 3. The summed E-state index contributed by atoms with van der Waals surface area (Å²) in [5, 5.41) is -0.274. The van der Waals surface area contributed by atoms with E-state index in [2.05, 4.69) is 4.90 Å². The zero-order valence-corrected chi connectivity index (χ0v) is 19.9. The number of hydrogen-bond donors (Lipinski definition) is 0. The first-order chi connectivity index (χ1) is 15.4. The zero-order valence-electron chi connectivity index (χ0n) is 18.3. The molecule has 0 aromatic heterocycles. The number of carbonyl (C=O) groups is 1. The Balaban J connectivity index is 1.53. The molecule has 0 radical (unpaired) electrons. The maximum absolute atomic E-state index is 13.2. The molecule has 4 rings (SSSR count). The van der Waals surface area contributed by atoms with Crippen LogP contribution in [0.3, 0.4) is 0 Å². The quantitative estimate of drug-likeness (QED) is 0.448. The Morgan fingerprint density at radius 1 is 1.12 bits per heavy atom. The van der Waals surface area contributed by atoms with E-state index in [1.165, 1.54) is 0 Å². The van der Waals surface area contributed by atoms with Crippen LogP contribution >= 0.6 is 11.6 Å². The van der Waals surface area contributed by atoms with Crippen LogP contribution in [0.5, 0.6) is 0 Å². The summed E-state index contributed by atoms with van der Waals surface area (Å²) in [7, 11) is 0. The fourth-order valence-corrected chi connectivity index (χ4v) is 6.49. The van der Waals surface area contributed by atoms with Crippen LogP contribution in [0, 0.1) is 5.41 Å². The topological polar surface area (TPSA) is 91.4 Å². The number of anilines is 1. The Morgan fingerprint density at radius 3 is 2.25 bits per heavy atom. The summed E-state index contributed by atoms with van der Waals surface area (Å²) in [5.41, 5.74) is -0.0879. The van der Waals surface area contributed by atoms with Gasteiger partial charge in [0.25, 0.3) is 0 Å². The Hall–Kier alpha value is -1.23. The first-order valence-corrected chi connectivity index (χ1v) is 12.7. The van der Waals surface area contributed by atoms with Crippen LogP contribution in [0.2, 0.25) is 5.02 Å². The third-order valence-corrected chi connectivity index (χ3v) is 8.26. The van der Waals surface area contributed by atoms with Crippen molar-refractivity contribution in [2.45, 2.75) is 43.8 Å². The molecule has 1 aromatic carbocycles. The molecule has 2 atom stereocenters. The van der Waals surface area contributed by atoms with Gasteiger partial charge >= 0.3 is 5.97 Å². The number of piperazine rings is 1. The van der Waals surface area contributed by atoms with E-state index in [0.29, 0.717) is 70.1 Å². The molecule has 2 unspecified atom stereocenters. The molecule has 0 N–H and O–H groups in total. The Morgan fingerprint density at radius 2 is 1.72 bits per heavy atom. The van der Waals surface area contributed by atoms with Gasteiger partial charge in [0, 0.05) is 49.7 Å². The largest absolute Gasteiger partial charge is 0.771 e. The van der Waals surface area contributed by atoms with Crippen molar-refractivity contribution in [3.05, 3.63) is 29.3 Å². The van der Waals surface area contributed by atoms with E-state index in [1.807, 2.05) is 29.2 Å². The molecular weight excluding hydrogens is 456 g/mol. The van der Waals surface area contributed by atoms with E-state index in [0.717, 1.165) is 5.69 Å². The molecule has 3 fully saturated rings. The molecule has 0 bridgehead atoms. The van der Waals surface area contributed by atoms with Crippen molar-refractivity contribution in [3.8, 4) is 0 Å². The predicted octanol–water partition coefficient (Wildman–Crippen LogP) is 2.53. The normalized spacial score (nSPS) is 24.9. The van der Waals surface area contributed by atoms with Crippen LogP contribution in [0.4, 0.5) is 5.69 Å². The van der Waals surface area contributed by atoms with Crippen molar-refractivity contribution >= 4 is 34.3 Å². The second-order valence-corrected chi connectivity index (χ2v) is 10.0. The Kier molecular flexibility index (Phi) is 7.43. The SMILES string of the molecule is CCOC(=O)C1(C(N2CCN(c3ccc(Cl)cc3)CC2)S(=O)[O-])CCC2(CC1)OCCO2. The molecule has 1 aliphatic carbocycles. The monoisotopic (exact) mass is 485 g/mol. The molecule has 2 aliphatic heterocycles. The lowest BCUT2D eigenvalue weighted by molar-refractivity contribution is -0.202. The van der Waals surface area contributed by atoms with Crippen LogP contribution < -0.4 is 4.90 Å². The number of hydrogen-bond acceptors (Lipinski definition) is 8. The number of benzene rings is 1. The molecule has 10 heteroatoms. The molecule has 0 amide bonds. The summed E-state index contributed by atoms with van der Waals surface area (Å²) >= 11 is 3.52. The van der Waals surface area contributed by atoms with Crippen LogP contribution in [0.25, 0.3) is 0 Å². The fourth-order valence-electron chi connectivity index (χ4n) is 5.21. The number of esters is 1. The molecular formula is C22H30ClN2O6S-. The van der Waals surface area contributed by atoms with E-state index in [1.54, 1.807) is 6.92 Å².